The number of amides is 2. The zero-order valence-corrected chi connectivity index (χ0v) is 20.4. The van der Waals surface area contributed by atoms with Crippen LogP contribution in [0.1, 0.15) is 72.6 Å². The molecule has 2 amide bonds. The second-order valence-electron chi connectivity index (χ2n) is 10.5. The van der Waals surface area contributed by atoms with Gasteiger partial charge in [-0.3, -0.25) is 9.59 Å². The smallest absolute Gasteiger partial charge is 0.245 e. The number of hydrogen-bond acceptors (Lipinski definition) is 3. The number of para-hydroxylation sites is 1. The third kappa shape index (κ3) is 6.94. The van der Waals surface area contributed by atoms with E-state index in [2.05, 4.69) is 26.1 Å². The molecule has 170 valence electrons. The number of aromatic nitrogens is 2. The predicted octanol–water partition coefficient (Wildman–Crippen LogP) is 5.09. The van der Waals surface area contributed by atoms with E-state index in [1.807, 2.05) is 65.0 Å². The van der Waals surface area contributed by atoms with Crippen molar-refractivity contribution in [1.29, 1.82) is 0 Å². The van der Waals surface area contributed by atoms with Crippen LogP contribution in [0.4, 0.5) is 5.82 Å². The van der Waals surface area contributed by atoms with Gasteiger partial charge in [-0.05, 0) is 30.4 Å². The summed E-state index contributed by atoms with van der Waals surface area (Å²) in [5.74, 6) is 0.405. The molecule has 0 unspecified atom stereocenters. The summed E-state index contributed by atoms with van der Waals surface area (Å²) in [6.07, 6.45) is 1.22. The van der Waals surface area contributed by atoms with E-state index in [4.69, 9.17) is 5.10 Å². The van der Waals surface area contributed by atoms with Crippen molar-refractivity contribution in [1.82, 2.24) is 14.7 Å². The second-order valence-corrected chi connectivity index (χ2v) is 10.5. The molecular formula is C25H38N4O2. The number of rotatable bonds is 7. The first kappa shape index (κ1) is 24.6. The van der Waals surface area contributed by atoms with Gasteiger partial charge in [0.05, 0.1) is 17.9 Å². The van der Waals surface area contributed by atoms with E-state index in [0.29, 0.717) is 18.8 Å². The summed E-state index contributed by atoms with van der Waals surface area (Å²) < 4.78 is 1.79. The summed E-state index contributed by atoms with van der Waals surface area (Å²) in [6.45, 7) is 17.0. The number of nitrogens with zero attached hydrogens (tertiary/aromatic N) is 3. The fourth-order valence-corrected chi connectivity index (χ4v) is 3.30. The highest BCUT2D eigenvalue weighted by Crippen LogP contribution is 2.27. The van der Waals surface area contributed by atoms with E-state index >= 15 is 0 Å². The molecule has 2 rings (SSSR count). The van der Waals surface area contributed by atoms with Crippen molar-refractivity contribution in [3.8, 4) is 5.69 Å². The molecule has 1 heterocycles. The molecule has 1 aromatic heterocycles. The highest BCUT2D eigenvalue weighted by Gasteiger charge is 2.25. The molecule has 1 N–H and O–H groups in total. The highest BCUT2D eigenvalue weighted by atomic mass is 16.2. The Bertz CT molecular complexity index is 916. The molecule has 6 nitrogen and oxygen atoms in total. The SMILES string of the molecule is CCCN(CC(=O)Nc1cc(C(C)(C)C)nn1-c1ccccc1C)C(=O)CC(C)(C)C. The van der Waals surface area contributed by atoms with Gasteiger partial charge in [-0.15, -0.1) is 0 Å². The Morgan fingerprint density at radius 1 is 1.10 bits per heavy atom. The zero-order chi connectivity index (χ0) is 23.4. The van der Waals surface area contributed by atoms with Crippen molar-refractivity contribution < 1.29 is 9.59 Å². The minimum Gasteiger partial charge on any atom is -0.333 e. The lowest BCUT2D eigenvalue weighted by Gasteiger charge is -2.26. The number of anilines is 1. The van der Waals surface area contributed by atoms with Crippen molar-refractivity contribution in [3.05, 3.63) is 41.6 Å². The molecule has 0 fully saturated rings. The first-order valence-electron chi connectivity index (χ1n) is 11.1. The predicted molar refractivity (Wildman–Crippen MR) is 127 cm³/mol. The maximum absolute atomic E-state index is 12.9. The van der Waals surface area contributed by atoms with Crippen LogP contribution in [0.25, 0.3) is 5.69 Å². The van der Waals surface area contributed by atoms with Crippen molar-refractivity contribution in [2.45, 2.75) is 73.6 Å². The van der Waals surface area contributed by atoms with Gasteiger partial charge in [-0.1, -0.05) is 66.7 Å². The lowest BCUT2D eigenvalue weighted by molar-refractivity contribution is -0.136. The van der Waals surface area contributed by atoms with E-state index in [1.54, 1.807) is 9.58 Å². The number of benzene rings is 1. The Balaban J connectivity index is 2.29. The molecule has 0 radical (unpaired) electrons. The maximum atomic E-state index is 12.9. The zero-order valence-electron chi connectivity index (χ0n) is 20.4. The standard InChI is InChI=1S/C25H38N4O2/c1-9-14-28(23(31)16-24(3,4)5)17-22(30)26-21-15-20(25(6,7)8)27-29(21)19-13-11-10-12-18(19)2/h10-13,15H,9,14,16-17H2,1-8H3,(H,26,30). The van der Waals surface area contributed by atoms with Gasteiger partial charge in [0.25, 0.3) is 0 Å². The number of carbonyl (C=O) groups excluding carboxylic acids is 2. The van der Waals surface area contributed by atoms with Gasteiger partial charge >= 0.3 is 0 Å². The molecule has 0 aliphatic heterocycles. The molecule has 0 spiro atoms. The highest BCUT2D eigenvalue weighted by molar-refractivity contribution is 5.94. The molecule has 6 heteroatoms. The Labute approximate surface area is 187 Å². The largest absolute Gasteiger partial charge is 0.333 e. The van der Waals surface area contributed by atoms with Crippen LogP contribution in [0.3, 0.4) is 0 Å². The van der Waals surface area contributed by atoms with Crippen LogP contribution in [0.2, 0.25) is 0 Å². The molecule has 0 atom stereocenters. The number of hydrogen-bond donors (Lipinski definition) is 1. The normalized spacial score (nSPS) is 12.0. The van der Waals surface area contributed by atoms with Crippen molar-refractivity contribution in [2.75, 3.05) is 18.4 Å². The molecule has 31 heavy (non-hydrogen) atoms. The third-order valence-corrected chi connectivity index (χ3v) is 4.95. The van der Waals surface area contributed by atoms with Gasteiger partial charge in [0.15, 0.2) is 0 Å². The summed E-state index contributed by atoms with van der Waals surface area (Å²) in [5.41, 5.74) is 2.59. The molecular weight excluding hydrogens is 388 g/mol. The molecule has 0 aliphatic carbocycles. The van der Waals surface area contributed by atoms with Crippen LogP contribution in [0, 0.1) is 12.3 Å². The fraction of sp³-hybridized carbons (Fsp3) is 0.560. The van der Waals surface area contributed by atoms with Gasteiger partial charge in [0.2, 0.25) is 11.8 Å². The minimum atomic E-state index is -0.217. The van der Waals surface area contributed by atoms with Crippen LogP contribution in [-0.4, -0.2) is 39.6 Å². The summed E-state index contributed by atoms with van der Waals surface area (Å²) in [6, 6.07) is 9.87. The Morgan fingerprint density at radius 3 is 2.29 bits per heavy atom. The Kier molecular flexibility index (Phi) is 7.68. The summed E-state index contributed by atoms with van der Waals surface area (Å²) in [7, 11) is 0. The first-order valence-corrected chi connectivity index (χ1v) is 11.1. The topological polar surface area (TPSA) is 67.2 Å². The van der Waals surface area contributed by atoms with Crippen LogP contribution >= 0.6 is 0 Å². The van der Waals surface area contributed by atoms with Crippen molar-refractivity contribution in [2.24, 2.45) is 5.41 Å². The van der Waals surface area contributed by atoms with Gasteiger partial charge in [-0.25, -0.2) is 4.68 Å². The van der Waals surface area contributed by atoms with Crippen LogP contribution in [-0.2, 0) is 15.0 Å². The van der Waals surface area contributed by atoms with E-state index in [0.717, 1.165) is 23.4 Å². The van der Waals surface area contributed by atoms with Gasteiger partial charge in [0, 0.05) is 24.4 Å². The minimum absolute atomic E-state index is 0.00675. The molecule has 0 bridgehead atoms. The fourth-order valence-electron chi connectivity index (χ4n) is 3.30. The number of nitrogens with one attached hydrogen (secondary N) is 1. The molecule has 0 saturated heterocycles. The molecule has 1 aromatic carbocycles. The Hall–Kier alpha value is -2.63. The average molecular weight is 427 g/mol. The van der Waals surface area contributed by atoms with Crippen LogP contribution in [0.5, 0.6) is 0 Å². The Morgan fingerprint density at radius 2 is 1.74 bits per heavy atom. The molecule has 0 aliphatic rings. The van der Waals surface area contributed by atoms with Crippen LogP contribution < -0.4 is 5.32 Å². The lowest BCUT2D eigenvalue weighted by Crippen LogP contribution is -2.40. The number of aryl methyl sites for hydroxylation is 1. The summed E-state index contributed by atoms with van der Waals surface area (Å²) in [4.78, 5) is 27.3. The van der Waals surface area contributed by atoms with Crippen molar-refractivity contribution >= 4 is 17.6 Å². The van der Waals surface area contributed by atoms with E-state index < -0.39 is 0 Å². The number of carbonyl (C=O) groups is 2. The lowest BCUT2D eigenvalue weighted by atomic mass is 9.91. The molecule has 2 aromatic rings. The summed E-state index contributed by atoms with van der Waals surface area (Å²) in [5, 5.41) is 7.79. The summed E-state index contributed by atoms with van der Waals surface area (Å²) >= 11 is 0. The average Bonchev–Trinajstić information content (AvgIpc) is 3.04. The van der Waals surface area contributed by atoms with E-state index in [-0.39, 0.29) is 29.2 Å². The first-order chi connectivity index (χ1) is 14.3. The third-order valence-electron chi connectivity index (χ3n) is 4.95. The second kappa shape index (κ2) is 9.67. The van der Waals surface area contributed by atoms with Gasteiger partial charge in [-0.2, -0.15) is 5.10 Å². The van der Waals surface area contributed by atoms with Crippen molar-refractivity contribution in [3.63, 3.8) is 0 Å². The van der Waals surface area contributed by atoms with Gasteiger partial charge < -0.3 is 10.2 Å². The van der Waals surface area contributed by atoms with E-state index in [9.17, 15) is 9.59 Å². The van der Waals surface area contributed by atoms with Gasteiger partial charge in [0.1, 0.15) is 5.82 Å². The molecule has 0 saturated carbocycles. The maximum Gasteiger partial charge on any atom is 0.245 e. The quantitative estimate of drug-likeness (QED) is 0.670. The van der Waals surface area contributed by atoms with E-state index in [1.165, 1.54) is 0 Å². The monoisotopic (exact) mass is 426 g/mol. The van der Waals surface area contributed by atoms with Crippen LogP contribution in [0.15, 0.2) is 30.3 Å².